The fraction of sp³-hybridized carbons (Fsp3) is 0.529. The molecule has 0 bridgehead atoms. The summed E-state index contributed by atoms with van der Waals surface area (Å²) in [5, 5.41) is 3.56. The predicted molar refractivity (Wildman–Crippen MR) is 91.3 cm³/mol. The first-order valence-electron chi connectivity index (χ1n) is 7.90. The molecule has 0 aromatic heterocycles. The van der Waals surface area contributed by atoms with Crippen molar-refractivity contribution in [3.63, 3.8) is 0 Å². The minimum Gasteiger partial charge on any atom is -0.444 e. The molecular formula is C17H26N4O2. The zero-order chi connectivity index (χ0) is 16.9. The van der Waals surface area contributed by atoms with E-state index in [0.717, 1.165) is 25.2 Å². The van der Waals surface area contributed by atoms with E-state index in [9.17, 15) is 4.79 Å². The van der Waals surface area contributed by atoms with Gasteiger partial charge < -0.3 is 15.5 Å². The lowest BCUT2D eigenvalue weighted by molar-refractivity contribution is 0.0139. The summed E-state index contributed by atoms with van der Waals surface area (Å²) < 4.78 is 5.42. The van der Waals surface area contributed by atoms with Crippen molar-refractivity contribution in [2.45, 2.75) is 32.9 Å². The van der Waals surface area contributed by atoms with Crippen LogP contribution < -0.4 is 5.84 Å². The standard InChI is InChI=1S/C17H26N4O2/c1-17(2,3)23-16(22)21-9-7-20(8-10-21)13-15-6-4-5-14(11-15)12-19-18/h4-6,11-12H,7-10,13,18H2,1-3H3. The number of rotatable bonds is 3. The molecule has 0 atom stereocenters. The van der Waals surface area contributed by atoms with Crippen molar-refractivity contribution in [1.82, 2.24) is 9.80 Å². The minimum atomic E-state index is -0.445. The highest BCUT2D eigenvalue weighted by atomic mass is 16.6. The maximum atomic E-state index is 12.1. The van der Waals surface area contributed by atoms with E-state index in [1.807, 2.05) is 32.9 Å². The summed E-state index contributed by atoms with van der Waals surface area (Å²) >= 11 is 0. The van der Waals surface area contributed by atoms with E-state index in [2.05, 4.69) is 22.1 Å². The number of amides is 1. The first-order chi connectivity index (χ1) is 10.9. The van der Waals surface area contributed by atoms with Gasteiger partial charge in [-0.2, -0.15) is 5.10 Å². The van der Waals surface area contributed by atoms with Gasteiger partial charge in [0.25, 0.3) is 0 Å². The predicted octanol–water partition coefficient (Wildman–Crippen LogP) is 2.03. The van der Waals surface area contributed by atoms with E-state index in [4.69, 9.17) is 10.6 Å². The number of nitrogens with zero attached hydrogens (tertiary/aromatic N) is 3. The van der Waals surface area contributed by atoms with Crippen molar-refractivity contribution in [3.05, 3.63) is 35.4 Å². The number of hydrogen-bond donors (Lipinski definition) is 1. The molecule has 1 aliphatic heterocycles. The first kappa shape index (κ1) is 17.3. The van der Waals surface area contributed by atoms with E-state index in [1.54, 1.807) is 11.1 Å². The molecule has 1 amide bonds. The molecule has 6 nitrogen and oxygen atoms in total. The molecule has 2 N–H and O–H groups in total. The van der Waals surface area contributed by atoms with Gasteiger partial charge in [-0.05, 0) is 38.0 Å². The average Bonchev–Trinajstić information content (AvgIpc) is 2.47. The van der Waals surface area contributed by atoms with Crippen LogP contribution in [-0.2, 0) is 11.3 Å². The number of piperazine rings is 1. The van der Waals surface area contributed by atoms with Crippen LogP contribution in [0.3, 0.4) is 0 Å². The Morgan fingerprint density at radius 3 is 2.61 bits per heavy atom. The maximum Gasteiger partial charge on any atom is 0.410 e. The molecule has 0 unspecified atom stereocenters. The number of carbonyl (C=O) groups excluding carboxylic acids is 1. The molecule has 0 spiro atoms. The molecule has 1 aromatic rings. The monoisotopic (exact) mass is 318 g/mol. The first-order valence-corrected chi connectivity index (χ1v) is 7.90. The van der Waals surface area contributed by atoms with E-state index in [-0.39, 0.29) is 6.09 Å². The summed E-state index contributed by atoms with van der Waals surface area (Å²) in [6.07, 6.45) is 1.42. The zero-order valence-corrected chi connectivity index (χ0v) is 14.2. The van der Waals surface area contributed by atoms with Crippen molar-refractivity contribution in [3.8, 4) is 0 Å². The summed E-state index contributed by atoms with van der Waals surface area (Å²) in [5.74, 6) is 5.19. The van der Waals surface area contributed by atoms with Crippen LogP contribution in [-0.4, -0.2) is 53.9 Å². The quantitative estimate of drug-likeness (QED) is 0.526. The molecule has 6 heteroatoms. The summed E-state index contributed by atoms with van der Waals surface area (Å²) in [5.41, 5.74) is 1.77. The van der Waals surface area contributed by atoms with Crippen LogP contribution in [0.5, 0.6) is 0 Å². The van der Waals surface area contributed by atoms with Crippen molar-refractivity contribution in [1.29, 1.82) is 0 Å². The Bertz CT molecular complexity index is 558. The molecule has 1 aliphatic rings. The Morgan fingerprint density at radius 2 is 2.00 bits per heavy atom. The molecule has 0 saturated carbocycles. The van der Waals surface area contributed by atoms with Gasteiger partial charge in [-0.3, -0.25) is 4.90 Å². The van der Waals surface area contributed by atoms with E-state index < -0.39 is 5.60 Å². The molecule has 0 aliphatic carbocycles. The largest absolute Gasteiger partial charge is 0.444 e. The smallest absolute Gasteiger partial charge is 0.410 e. The Kier molecular flexibility index (Phi) is 5.60. The van der Waals surface area contributed by atoms with Crippen molar-refractivity contribution >= 4 is 12.3 Å². The SMILES string of the molecule is CC(C)(C)OC(=O)N1CCN(Cc2cccc(C=NN)c2)CC1. The molecule has 0 radical (unpaired) electrons. The lowest BCUT2D eigenvalue weighted by Gasteiger charge is -2.35. The second kappa shape index (κ2) is 7.46. The van der Waals surface area contributed by atoms with Crippen LogP contribution in [0.4, 0.5) is 4.79 Å². The number of carbonyl (C=O) groups is 1. The second-order valence-corrected chi connectivity index (χ2v) is 6.77. The summed E-state index contributed by atoms with van der Waals surface area (Å²) in [4.78, 5) is 16.2. The van der Waals surface area contributed by atoms with Gasteiger partial charge in [0, 0.05) is 32.7 Å². The Labute approximate surface area is 137 Å². The second-order valence-electron chi connectivity index (χ2n) is 6.77. The van der Waals surface area contributed by atoms with Crippen molar-refractivity contribution in [2.24, 2.45) is 10.9 Å². The van der Waals surface area contributed by atoms with Gasteiger partial charge in [0.1, 0.15) is 5.60 Å². The fourth-order valence-electron chi connectivity index (χ4n) is 2.53. The van der Waals surface area contributed by atoms with Gasteiger partial charge in [-0.1, -0.05) is 18.2 Å². The van der Waals surface area contributed by atoms with E-state index in [0.29, 0.717) is 13.1 Å². The van der Waals surface area contributed by atoms with Gasteiger partial charge >= 0.3 is 6.09 Å². The van der Waals surface area contributed by atoms with Gasteiger partial charge in [-0.15, -0.1) is 0 Å². The molecular weight excluding hydrogens is 292 g/mol. The molecule has 1 fully saturated rings. The van der Waals surface area contributed by atoms with Gasteiger partial charge in [0.2, 0.25) is 0 Å². The minimum absolute atomic E-state index is 0.224. The number of nitrogens with two attached hydrogens (primary N) is 1. The highest BCUT2D eigenvalue weighted by molar-refractivity contribution is 5.79. The summed E-state index contributed by atoms with van der Waals surface area (Å²) in [6, 6.07) is 8.15. The van der Waals surface area contributed by atoms with Crippen LogP contribution in [0.2, 0.25) is 0 Å². The highest BCUT2D eigenvalue weighted by Gasteiger charge is 2.25. The van der Waals surface area contributed by atoms with Crippen LogP contribution in [0.25, 0.3) is 0 Å². The number of hydrogen-bond acceptors (Lipinski definition) is 5. The molecule has 2 rings (SSSR count). The number of benzene rings is 1. The third-order valence-electron chi connectivity index (χ3n) is 3.60. The molecule has 1 heterocycles. The van der Waals surface area contributed by atoms with Crippen LogP contribution >= 0.6 is 0 Å². The maximum absolute atomic E-state index is 12.1. The van der Waals surface area contributed by atoms with Crippen LogP contribution in [0.15, 0.2) is 29.4 Å². The number of hydrazone groups is 1. The van der Waals surface area contributed by atoms with Gasteiger partial charge in [0.05, 0.1) is 6.21 Å². The van der Waals surface area contributed by atoms with Crippen molar-refractivity contribution < 1.29 is 9.53 Å². The third-order valence-corrected chi connectivity index (χ3v) is 3.60. The Balaban J connectivity index is 1.85. The summed E-state index contributed by atoms with van der Waals surface area (Å²) in [6.45, 7) is 9.59. The topological polar surface area (TPSA) is 71.2 Å². The lowest BCUT2D eigenvalue weighted by Crippen LogP contribution is -2.49. The summed E-state index contributed by atoms with van der Waals surface area (Å²) in [7, 11) is 0. The van der Waals surface area contributed by atoms with Gasteiger partial charge in [0.15, 0.2) is 0 Å². The lowest BCUT2D eigenvalue weighted by atomic mass is 10.1. The zero-order valence-electron chi connectivity index (χ0n) is 14.2. The number of ether oxygens (including phenoxy) is 1. The molecule has 23 heavy (non-hydrogen) atoms. The molecule has 126 valence electrons. The third kappa shape index (κ3) is 5.56. The fourth-order valence-corrected chi connectivity index (χ4v) is 2.53. The molecule has 1 saturated heterocycles. The van der Waals surface area contributed by atoms with E-state index in [1.165, 1.54) is 5.56 Å². The van der Waals surface area contributed by atoms with Crippen molar-refractivity contribution in [2.75, 3.05) is 26.2 Å². The molecule has 1 aromatic carbocycles. The van der Waals surface area contributed by atoms with Crippen LogP contribution in [0.1, 0.15) is 31.9 Å². The van der Waals surface area contributed by atoms with E-state index >= 15 is 0 Å². The van der Waals surface area contributed by atoms with Crippen LogP contribution in [0, 0.1) is 0 Å². The normalized spacial score (nSPS) is 16.7. The Morgan fingerprint density at radius 1 is 1.30 bits per heavy atom. The Hall–Kier alpha value is -2.08. The average molecular weight is 318 g/mol. The van der Waals surface area contributed by atoms with Gasteiger partial charge in [-0.25, -0.2) is 4.79 Å². The highest BCUT2D eigenvalue weighted by Crippen LogP contribution is 2.14.